The molecule has 0 amide bonds. The number of hydrogen-bond acceptors (Lipinski definition) is 5. The monoisotopic (exact) mass is 455 g/mol. The summed E-state index contributed by atoms with van der Waals surface area (Å²) >= 11 is 3.41. The highest BCUT2D eigenvalue weighted by Crippen LogP contribution is 2.25. The van der Waals surface area contributed by atoms with Gasteiger partial charge in [0.2, 0.25) is 0 Å². The van der Waals surface area contributed by atoms with Crippen LogP contribution in [0.4, 0.5) is 0 Å². The van der Waals surface area contributed by atoms with Crippen LogP contribution in [0.25, 0.3) is 11.4 Å². The van der Waals surface area contributed by atoms with Gasteiger partial charge in [-0.25, -0.2) is 9.67 Å². The maximum atomic E-state index is 5.87. The summed E-state index contributed by atoms with van der Waals surface area (Å²) in [4.78, 5) is 6.93. The molecule has 0 spiro atoms. The lowest BCUT2D eigenvalue weighted by Crippen LogP contribution is -2.21. The van der Waals surface area contributed by atoms with Crippen molar-refractivity contribution in [3.05, 3.63) is 58.8 Å². The van der Waals surface area contributed by atoms with E-state index < -0.39 is 0 Å². The first-order valence-electron chi connectivity index (χ1n) is 10.1. The van der Waals surface area contributed by atoms with E-state index in [9.17, 15) is 0 Å². The van der Waals surface area contributed by atoms with Crippen molar-refractivity contribution in [2.24, 2.45) is 5.92 Å². The van der Waals surface area contributed by atoms with Crippen LogP contribution in [0.15, 0.2) is 53.3 Å². The van der Waals surface area contributed by atoms with E-state index in [-0.39, 0.29) is 0 Å². The first-order chi connectivity index (χ1) is 14.1. The Balaban J connectivity index is 1.37. The van der Waals surface area contributed by atoms with E-state index in [1.165, 1.54) is 5.56 Å². The number of rotatable bonds is 7. The normalized spacial score (nSPS) is 17.2. The van der Waals surface area contributed by atoms with Crippen molar-refractivity contribution in [2.45, 2.75) is 32.9 Å². The van der Waals surface area contributed by atoms with E-state index in [0.29, 0.717) is 12.0 Å². The van der Waals surface area contributed by atoms with Gasteiger partial charge in [0, 0.05) is 19.6 Å². The predicted molar refractivity (Wildman–Crippen MR) is 117 cm³/mol. The quantitative estimate of drug-likeness (QED) is 0.487. The van der Waals surface area contributed by atoms with Gasteiger partial charge in [-0.15, -0.1) is 5.10 Å². The van der Waals surface area contributed by atoms with Crippen LogP contribution in [0.1, 0.15) is 31.9 Å². The van der Waals surface area contributed by atoms with E-state index in [1.807, 2.05) is 35.1 Å². The number of hydrogen-bond donors (Lipinski definition) is 0. The van der Waals surface area contributed by atoms with Crippen LogP contribution in [0.2, 0.25) is 0 Å². The Morgan fingerprint density at radius 1 is 1.17 bits per heavy atom. The molecule has 0 saturated carbocycles. The minimum atomic E-state index is 0.337. The van der Waals surface area contributed by atoms with Crippen molar-refractivity contribution >= 4 is 15.9 Å². The molecule has 1 aliphatic rings. The first-order valence-corrected chi connectivity index (χ1v) is 10.8. The third kappa shape index (κ3) is 5.22. The summed E-state index contributed by atoms with van der Waals surface area (Å²) in [5.74, 6) is 1.48. The minimum Gasteiger partial charge on any atom is -0.493 e. The number of benzene rings is 1. The van der Waals surface area contributed by atoms with Crippen LogP contribution in [-0.4, -0.2) is 44.6 Å². The largest absolute Gasteiger partial charge is 0.493 e. The minimum absolute atomic E-state index is 0.337. The highest BCUT2D eigenvalue weighted by atomic mass is 79.9. The molecule has 152 valence electrons. The second kappa shape index (κ2) is 9.05. The van der Waals surface area contributed by atoms with Gasteiger partial charge in [-0.3, -0.25) is 4.90 Å². The molecular weight excluding hydrogens is 430 g/mol. The number of halogens is 1. The number of pyridine rings is 1. The van der Waals surface area contributed by atoms with Gasteiger partial charge in [-0.2, -0.15) is 0 Å². The zero-order valence-corrected chi connectivity index (χ0v) is 18.4. The fourth-order valence-electron chi connectivity index (χ4n) is 3.55. The van der Waals surface area contributed by atoms with Gasteiger partial charge in [0.1, 0.15) is 16.0 Å². The summed E-state index contributed by atoms with van der Waals surface area (Å²) < 4.78 is 8.65. The molecule has 0 radical (unpaired) electrons. The summed E-state index contributed by atoms with van der Waals surface area (Å²) in [5.41, 5.74) is 2.92. The molecular formula is C22H26BrN5O. The van der Waals surface area contributed by atoms with Crippen molar-refractivity contribution in [3.8, 4) is 17.1 Å². The van der Waals surface area contributed by atoms with E-state index >= 15 is 0 Å². The van der Waals surface area contributed by atoms with Gasteiger partial charge in [0.25, 0.3) is 0 Å². The van der Waals surface area contributed by atoms with Crippen molar-refractivity contribution in [2.75, 3.05) is 19.7 Å². The van der Waals surface area contributed by atoms with Gasteiger partial charge >= 0.3 is 0 Å². The summed E-state index contributed by atoms with van der Waals surface area (Å²) in [5, 5.41) is 8.69. The molecule has 1 aliphatic heterocycles. The Kier molecular flexibility index (Phi) is 6.25. The highest BCUT2D eigenvalue weighted by Gasteiger charge is 2.25. The number of ether oxygens (including phenoxy) is 1. The molecule has 1 atom stereocenters. The average Bonchev–Trinajstić information content (AvgIpc) is 3.36. The molecule has 29 heavy (non-hydrogen) atoms. The molecule has 2 aromatic heterocycles. The maximum absolute atomic E-state index is 5.87. The summed E-state index contributed by atoms with van der Waals surface area (Å²) in [6, 6.07) is 14.6. The maximum Gasteiger partial charge on any atom is 0.131 e. The summed E-state index contributed by atoms with van der Waals surface area (Å²) in [6.07, 6.45) is 3.07. The van der Waals surface area contributed by atoms with Crippen LogP contribution < -0.4 is 4.74 Å². The van der Waals surface area contributed by atoms with Gasteiger partial charge in [0.15, 0.2) is 0 Å². The fourth-order valence-corrected chi connectivity index (χ4v) is 3.89. The van der Waals surface area contributed by atoms with E-state index in [4.69, 9.17) is 4.74 Å². The molecule has 0 aliphatic carbocycles. The molecule has 1 unspecified atom stereocenters. The number of nitrogens with zero attached hydrogens (tertiary/aromatic N) is 5. The van der Waals surface area contributed by atoms with Crippen molar-refractivity contribution < 1.29 is 4.74 Å². The Labute approximate surface area is 180 Å². The molecule has 1 aromatic carbocycles. The predicted octanol–water partition coefficient (Wildman–Crippen LogP) is 4.58. The molecule has 1 saturated heterocycles. The van der Waals surface area contributed by atoms with Crippen LogP contribution in [-0.2, 0) is 6.54 Å². The Morgan fingerprint density at radius 2 is 2.03 bits per heavy atom. The van der Waals surface area contributed by atoms with Gasteiger partial charge in [-0.1, -0.05) is 37.3 Å². The summed E-state index contributed by atoms with van der Waals surface area (Å²) in [6.45, 7) is 8.01. The Bertz CT molecular complexity index is 958. The second-order valence-corrected chi connectivity index (χ2v) is 8.77. The van der Waals surface area contributed by atoms with Crippen molar-refractivity contribution in [1.82, 2.24) is 24.9 Å². The van der Waals surface area contributed by atoms with Crippen molar-refractivity contribution in [1.29, 1.82) is 0 Å². The zero-order valence-electron chi connectivity index (χ0n) is 16.8. The van der Waals surface area contributed by atoms with Crippen molar-refractivity contribution in [3.63, 3.8) is 0 Å². The second-order valence-electron chi connectivity index (χ2n) is 7.96. The van der Waals surface area contributed by atoms with Gasteiger partial charge < -0.3 is 4.74 Å². The third-order valence-corrected chi connectivity index (χ3v) is 5.44. The topological polar surface area (TPSA) is 56.1 Å². The molecule has 1 fully saturated rings. The Hall–Kier alpha value is -2.25. The van der Waals surface area contributed by atoms with E-state index in [2.05, 4.69) is 68.2 Å². The average molecular weight is 456 g/mol. The van der Waals surface area contributed by atoms with Crippen LogP contribution in [0.3, 0.4) is 0 Å². The summed E-state index contributed by atoms with van der Waals surface area (Å²) in [7, 11) is 0. The standard InChI is InChI=1S/C22H26BrN5O/c1-16(2)15-29-19-6-3-5-17(11-19)12-27-10-9-18(13-27)28-14-21(25-26-28)20-7-4-8-22(23)24-20/h3-8,11,14,16,18H,9-10,12-13,15H2,1-2H3. The Morgan fingerprint density at radius 3 is 2.86 bits per heavy atom. The number of likely N-dealkylation sites (tertiary alicyclic amines) is 1. The van der Waals surface area contributed by atoms with Crippen LogP contribution >= 0.6 is 15.9 Å². The third-order valence-electron chi connectivity index (χ3n) is 5.00. The molecule has 6 nitrogen and oxygen atoms in total. The fraction of sp³-hybridized carbons (Fsp3) is 0.409. The molecule has 0 N–H and O–H groups in total. The molecule has 3 aromatic rings. The highest BCUT2D eigenvalue weighted by molar-refractivity contribution is 9.10. The molecule has 3 heterocycles. The molecule has 0 bridgehead atoms. The zero-order chi connectivity index (χ0) is 20.2. The lowest BCUT2D eigenvalue weighted by atomic mass is 10.2. The lowest BCUT2D eigenvalue weighted by molar-refractivity contribution is 0.269. The van der Waals surface area contributed by atoms with Crippen LogP contribution in [0, 0.1) is 5.92 Å². The smallest absolute Gasteiger partial charge is 0.131 e. The molecule has 4 rings (SSSR count). The molecule has 7 heteroatoms. The van der Waals surface area contributed by atoms with E-state index in [0.717, 1.165) is 54.4 Å². The van der Waals surface area contributed by atoms with Crippen LogP contribution in [0.5, 0.6) is 5.75 Å². The number of aromatic nitrogens is 4. The SMILES string of the molecule is CC(C)COc1cccc(CN2CCC(n3cc(-c4cccc(Br)n4)nn3)C2)c1. The van der Waals surface area contributed by atoms with E-state index in [1.54, 1.807) is 0 Å². The van der Waals surface area contributed by atoms with Gasteiger partial charge in [0.05, 0.1) is 24.5 Å². The lowest BCUT2D eigenvalue weighted by Gasteiger charge is -2.17. The first kappa shape index (κ1) is 20.0. The van der Waals surface area contributed by atoms with Gasteiger partial charge in [-0.05, 0) is 58.1 Å².